The Labute approximate surface area is 134 Å². The second kappa shape index (κ2) is 6.01. The summed E-state index contributed by atoms with van der Waals surface area (Å²) < 4.78 is 22.1. The molecule has 0 unspecified atom stereocenters. The first-order valence-corrected chi connectivity index (χ1v) is 7.61. The second-order valence-electron chi connectivity index (χ2n) is 5.51. The SMILES string of the molecule is CC(C)n1cc(COc2ccccc2Cl)c2c(F)cccc21. The molecule has 2 aromatic carbocycles. The Morgan fingerprint density at radius 2 is 1.91 bits per heavy atom. The minimum Gasteiger partial charge on any atom is -0.487 e. The van der Waals surface area contributed by atoms with Crippen LogP contribution in [0.2, 0.25) is 5.02 Å². The van der Waals surface area contributed by atoms with Gasteiger partial charge in [0.1, 0.15) is 18.2 Å². The number of nitrogens with zero attached hydrogens (tertiary/aromatic N) is 1. The molecule has 0 radical (unpaired) electrons. The van der Waals surface area contributed by atoms with E-state index in [-0.39, 0.29) is 18.5 Å². The molecule has 1 aromatic heterocycles. The zero-order valence-electron chi connectivity index (χ0n) is 12.5. The predicted molar refractivity (Wildman–Crippen MR) is 88.1 cm³/mol. The zero-order valence-corrected chi connectivity index (χ0v) is 13.3. The zero-order chi connectivity index (χ0) is 15.7. The van der Waals surface area contributed by atoms with E-state index in [2.05, 4.69) is 18.4 Å². The molecule has 3 rings (SSSR count). The minimum atomic E-state index is -0.227. The van der Waals surface area contributed by atoms with Crippen LogP contribution in [0.25, 0.3) is 10.9 Å². The molecule has 22 heavy (non-hydrogen) atoms. The molecule has 0 saturated heterocycles. The summed E-state index contributed by atoms with van der Waals surface area (Å²) in [6.45, 7) is 4.42. The van der Waals surface area contributed by atoms with Gasteiger partial charge in [0.25, 0.3) is 0 Å². The van der Waals surface area contributed by atoms with Gasteiger partial charge in [0, 0.05) is 23.2 Å². The highest BCUT2D eigenvalue weighted by atomic mass is 35.5. The molecule has 4 heteroatoms. The smallest absolute Gasteiger partial charge is 0.138 e. The Morgan fingerprint density at radius 3 is 2.64 bits per heavy atom. The van der Waals surface area contributed by atoms with Gasteiger partial charge >= 0.3 is 0 Å². The lowest BCUT2D eigenvalue weighted by Crippen LogP contribution is -1.98. The molecule has 114 valence electrons. The summed E-state index contributed by atoms with van der Waals surface area (Å²) in [5, 5.41) is 1.17. The molecule has 3 aromatic rings. The average Bonchev–Trinajstić information content (AvgIpc) is 2.87. The highest BCUT2D eigenvalue weighted by Crippen LogP contribution is 2.29. The summed E-state index contributed by atoms with van der Waals surface area (Å²) in [6, 6.07) is 12.7. The molecule has 0 aliphatic rings. The standard InChI is InChI=1S/C18H17ClFNO/c1-12(2)21-10-13(18-15(20)7-5-8-16(18)21)11-22-17-9-4-3-6-14(17)19/h3-10,12H,11H2,1-2H3. The van der Waals surface area contributed by atoms with Crippen molar-refractivity contribution in [3.8, 4) is 5.75 Å². The lowest BCUT2D eigenvalue weighted by molar-refractivity contribution is 0.307. The molecule has 0 fully saturated rings. The fourth-order valence-corrected chi connectivity index (χ4v) is 2.79. The number of halogens is 2. The van der Waals surface area contributed by atoms with E-state index in [1.165, 1.54) is 6.07 Å². The quantitative estimate of drug-likeness (QED) is 0.611. The van der Waals surface area contributed by atoms with Gasteiger partial charge in [0.15, 0.2) is 0 Å². The number of hydrogen-bond acceptors (Lipinski definition) is 1. The third-order valence-corrected chi connectivity index (χ3v) is 3.97. The first-order valence-electron chi connectivity index (χ1n) is 7.23. The highest BCUT2D eigenvalue weighted by molar-refractivity contribution is 6.32. The van der Waals surface area contributed by atoms with Gasteiger partial charge in [-0.2, -0.15) is 0 Å². The van der Waals surface area contributed by atoms with E-state index < -0.39 is 0 Å². The van der Waals surface area contributed by atoms with Crippen molar-refractivity contribution in [1.29, 1.82) is 0 Å². The first-order chi connectivity index (χ1) is 10.6. The number of fused-ring (bicyclic) bond motifs is 1. The van der Waals surface area contributed by atoms with Crippen molar-refractivity contribution in [2.45, 2.75) is 26.5 Å². The van der Waals surface area contributed by atoms with Gasteiger partial charge in [-0.1, -0.05) is 29.8 Å². The summed E-state index contributed by atoms with van der Waals surface area (Å²) in [5.41, 5.74) is 1.70. The third kappa shape index (κ3) is 2.69. The normalized spacial score (nSPS) is 11.3. The molecular weight excluding hydrogens is 301 g/mol. The average molecular weight is 318 g/mol. The summed E-state index contributed by atoms with van der Waals surface area (Å²) >= 11 is 6.09. The minimum absolute atomic E-state index is 0.227. The third-order valence-electron chi connectivity index (χ3n) is 3.66. The summed E-state index contributed by atoms with van der Waals surface area (Å²) in [7, 11) is 0. The molecular formula is C18H17ClFNO. The maximum absolute atomic E-state index is 14.2. The molecule has 2 nitrogen and oxygen atoms in total. The van der Waals surface area contributed by atoms with Crippen LogP contribution in [0, 0.1) is 5.82 Å². The van der Waals surface area contributed by atoms with Crippen LogP contribution in [0.3, 0.4) is 0 Å². The van der Waals surface area contributed by atoms with Crippen LogP contribution >= 0.6 is 11.6 Å². The van der Waals surface area contributed by atoms with Gasteiger partial charge in [-0.05, 0) is 38.1 Å². The molecule has 0 N–H and O–H groups in total. The Hall–Kier alpha value is -2.00. The predicted octanol–water partition coefficient (Wildman–Crippen LogP) is 5.59. The maximum Gasteiger partial charge on any atom is 0.138 e. The lowest BCUT2D eigenvalue weighted by Gasteiger charge is -2.08. The van der Waals surface area contributed by atoms with Crippen molar-refractivity contribution >= 4 is 22.5 Å². The molecule has 0 amide bonds. The monoisotopic (exact) mass is 317 g/mol. The van der Waals surface area contributed by atoms with Crippen molar-refractivity contribution in [3.05, 3.63) is 65.1 Å². The van der Waals surface area contributed by atoms with Gasteiger partial charge in [0.2, 0.25) is 0 Å². The number of benzene rings is 2. The van der Waals surface area contributed by atoms with Gasteiger partial charge in [-0.15, -0.1) is 0 Å². The van der Waals surface area contributed by atoms with Crippen LogP contribution < -0.4 is 4.74 Å². The van der Waals surface area contributed by atoms with Crippen LogP contribution in [-0.2, 0) is 6.61 Å². The van der Waals surface area contributed by atoms with Gasteiger partial charge in [0.05, 0.1) is 10.5 Å². The summed E-state index contributed by atoms with van der Waals surface area (Å²) in [5.74, 6) is 0.376. The topological polar surface area (TPSA) is 14.2 Å². The number of rotatable bonds is 4. The largest absolute Gasteiger partial charge is 0.487 e. The molecule has 0 spiro atoms. The van der Waals surface area contributed by atoms with Crippen molar-refractivity contribution < 1.29 is 9.13 Å². The van der Waals surface area contributed by atoms with Crippen LogP contribution in [-0.4, -0.2) is 4.57 Å². The summed E-state index contributed by atoms with van der Waals surface area (Å²) in [4.78, 5) is 0. The van der Waals surface area contributed by atoms with E-state index in [0.29, 0.717) is 16.2 Å². The first kappa shape index (κ1) is 14.9. The van der Waals surface area contributed by atoms with E-state index in [4.69, 9.17) is 16.3 Å². The lowest BCUT2D eigenvalue weighted by atomic mass is 10.2. The van der Waals surface area contributed by atoms with E-state index >= 15 is 0 Å². The van der Waals surface area contributed by atoms with Crippen molar-refractivity contribution in [1.82, 2.24) is 4.57 Å². The van der Waals surface area contributed by atoms with Gasteiger partial charge < -0.3 is 9.30 Å². The van der Waals surface area contributed by atoms with E-state index in [1.54, 1.807) is 18.2 Å². The van der Waals surface area contributed by atoms with E-state index in [0.717, 1.165) is 11.1 Å². The molecule has 0 aliphatic heterocycles. The van der Waals surface area contributed by atoms with Gasteiger partial charge in [-0.25, -0.2) is 4.39 Å². The number of para-hydroxylation sites is 1. The molecule has 0 bridgehead atoms. The fraction of sp³-hybridized carbons (Fsp3) is 0.222. The number of hydrogen-bond donors (Lipinski definition) is 0. The Morgan fingerprint density at radius 1 is 1.14 bits per heavy atom. The van der Waals surface area contributed by atoms with Crippen LogP contribution in [0.4, 0.5) is 4.39 Å². The number of aromatic nitrogens is 1. The molecule has 1 heterocycles. The van der Waals surface area contributed by atoms with Crippen molar-refractivity contribution in [2.24, 2.45) is 0 Å². The maximum atomic E-state index is 14.2. The highest BCUT2D eigenvalue weighted by Gasteiger charge is 2.14. The van der Waals surface area contributed by atoms with Crippen LogP contribution in [0.5, 0.6) is 5.75 Å². The molecule has 0 atom stereocenters. The number of ether oxygens (including phenoxy) is 1. The Bertz CT molecular complexity index is 810. The molecule has 0 aliphatic carbocycles. The van der Waals surface area contributed by atoms with Crippen LogP contribution in [0.15, 0.2) is 48.7 Å². The Kier molecular flexibility index (Phi) is 4.08. The summed E-state index contributed by atoms with van der Waals surface area (Å²) in [6.07, 6.45) is 1.95. The van der Waals surface area contributed by atoms with Crippen molar-refractivity contribution in [3.63, 3.8) is 0 Å². The van der Waals surface area contributed by atoms with E-state index in [1.807, 2.05) is 24.4 Å². The van der Waals surface area contributed by atoms with Crippen molar-refractivity contribution in [2.75, 3.05) is 0 Å². The molecule has 0 saturated carbocycles. The van der Waals surface area contributed by atoms with E-state index in [9.17, 15) is 4.39 Å². The Balaban J connectivity index is 1.99. The second-order valence-corrected chi connectivity index (χ2v) is 5.92. The fourth-order valence-electron chi connectivity index (χ4n) is 2.60. The van der Waals surface area contributed by atoms with Gasteiger partial charge in [-0.3, -0.25) is 0 Å². The van der Waals surface area contributed by atoms with Crippen LogP contribution in [0.1, 0.15) is 25.5 Å².